The Balaban J connectivity index is 1.83. The summed E-state index contributed by atoms with van der Waals surface area (Å²) in [6.07, 6.45) is 6.90. The molecule has 2 heterocycles. The van der Waals surface area contributed by atoms with Crippen LogP contribution in [0.4, 0.5) is 0 Å². The Morgan fingerprint density at radius 1 is 1.31 bits per heavy atom. The Morgan fingerprint density at radius 3 is 2.75 bits per heavy atom. The summed E-state index contributed by atoms with van der Waals surface area (Å²) in [7, 11) is 0. The number of allylic oxidation sites excluding steroid dienone is 1. The number of carbonyl (C=O) groups is 2. The van der Waals surface area contributed by atoms with Crippen molar-refractivity contribution in [3.63, 3.8) is 0 Å². The van der Waals surface area contributed by atoms with Crippen LogP contribution in [0.5, 0.6) is 0 Å². The van der Waals surface area contributed by atoms with E-state index in [4.69, 9.17) is 4.74 Å². The molecule has 0 spiro atoms. The molecule has 0 radical (unpaired) electrons. The van der Waals surface area contributed by atoms with Crippen LogP contribution < -0.4 is 0 Å². The second kappa shape index (κ2) is 10.4. The van der Waals surface area contributed by atoms with Gasteiger partial charge in [-0.1, -0.05) is 26.0 Å². The number of Topliss-reactive ketones (excluding diaryl/α,β-unsaturated/α-hetero) is 1. The first-order chi connectivity index (χ1) is 15.1. The second-order valence-corrected chi connectivity index (χ2v) is 10.6. The van der Waals surface area contributed by atoms with Crippen molar-refractivity contribution in [2.45, 2.75) is 84.5 Å². The number of fused-ring (bicyclic) bond motifs is 2. The van der Waals surface area contributed by atoms with Gasteiger partial charge in [-0.2, -0.15) is 0 Å². The van der Waals surface area contributed by atoms with Gasteiger partial charge in [-0.25, -0.2) is 4.98 Å². The van der Waals surface area contributed by atoms with Gasteiger partial charge in [0.25, 0.3) is 0 Å². The van der Waals surface area contributed by atoms with Gasteiger partial charge in [-0.15, -0.1) is 11.3 Å². The zero-order valence-corrected chi connectivity index (χ0v) is 20.2. The Morgan fingerprint density at radius 2 is 2.06 bits per heavy atom. The molecule has 1 aliphatic heterocycles. The smallest absolute Gasteiger partial charge is 0.309 e. The van der Waals surface area contributed by atoms with Gasteiger partial charge in [0, 0.05) is 17.7 Å². The predicted octanol–water partition coefficient (Wildman–Crippen LogP) is 4.24. The van der Waals surface area contributed by atoms with Crippen LogP contribution in [0.2, 0.25) is 0 Å². The maximum absolute atomic E-state index is 13.0. The third kappa shape index (κ3) is 5.56. The number of cyclic esters (lactones) is 1. The largest absolute Gasteiger partial charge is 0.457 e. The lowest BCUT2D eigenvalue weighted by atomic mass is 9.60. The van der Waals surface area contributed by atoms with E-state index >= 15 is 0 Å². The van der Waals surface area contributed by atoms with E-state index in [1.807, 2.05) is 31.4 Å². The van der Waals surface area contributed by atoms with Gasteiger partial charge in [0.1, 0.15) is 11.9 Å². The van der Waals surface area contributed by atoms with Gasteiger partial charge < -0.3 is 14.9 Å². The van der Waals surface area contributed by atoms with Crippen LogP contribution in [0, 0.1) is 24.2 Å². The number of ether oxygens (including phenoxy) is 1. The Bertz CT molecular complexity index is 891. The summed E-state index contributed by atoms with van der Waals surface area (Å²) >= 11 is 1.56. The number of aryl methyl sites for hydroxylation is 1. The monoisotopic (exact) mass is 461 g/mol. The number of esters is 1. The number of aliphatic hydroxyl groups excluding tert-OH is 2. The van der Waals surface area contributed by atoms with Gasteiger partial charge >= 0.3 is 5.97 Å². The summed E-state index contributed by atoms with van der Waals surface area (Å²) in [4.78, 5) is 30.2. The number of hydrogen-bond acceptors (Lipinski definition) is 7. The first kappa shape index (κ1) is 24.8. The highest BCUT2D eigenvalue weighted by Gasteiger charge is 2.51. The minimum atomic E-state index is -1.15. The van der Waals surface area contributed by atoms with Crippen LogP contribution in [0.1, 0.15) is 70.0 Å². The van der Waals surface area contributed by atoms with Gasteiger partial charge in [-0.05, 0) is 57.1 Å². The molecule has 32 heavy (non-hydrogen) atoms. The zero-order valence-electron chi connectivity index (χ0n) is 19.4. The van der Waals surface area contributed by atoms with Crippen molar-refractivity contribution in [3.8, 4) is 0 Å². The van der Waals surface area contributed by atoms with Crippen LogP contribution >= 0.6 is 11.3 Å². The molecule has 2 aliphatic rings. The number of carbonyl (C=O) groups excluding carboxylic acids is 2. The maximum Gasteiger partial charge on any atom is 0.309 e. The topological polar surface area (TPSA) is 96.7 Å². The number of thiazole rings is 1. The molecule has 2 N–H and O–H groups in total. The minimum Gasteiger partial charge on any atom is -0.457 e. The van der Waals surface area contributed by atoms with E-state index in [2.05, 4.69) is 11.1 Å². The lowest BCUT2D eigenvalue weighted by Crippen LogP contribution is -2.54. The van der Waals surface area contributed by atoms with Gasteiger partial charge in [0.2, 0.25) is 0 Å². The molecule has 0 amide bonds. The Hall–Kier alpha value is -1.83. The van der Waals surface area contributed by atoms with E-state index in [1.54, 1.807) is 25.2 Å². The van der Waals surface area contributed by atoms with Gasteiger partial charge in [-0.3, -0.25) is 9.59 Å². The molecule has 0 unspecified atom stereocenters. The van der Waals surface area contributed by atoms with Crippen molar-refractivity contribution in [3.05, 3.63) is 33.8 Å². The van der Waals surface area contributed by atoms with E-state index < -0.39 is 35.6 Å². The van der Waals surface area contributed by atoms with Crippen molar-refractivity contribution in [1.82, 2.24) is 4.98 Å². The molecule has 2 bridgehead atoms. The molecular formula is C25H35NO5S. The highest BCUT2D eigenvalue weighted by molar-refractivity contribution is 7.09. The van der Waals surface area contributed by atoms with Crippen molar-refractivity contribution in [2.24, 2.45) is 17.3 Å². The molecule has 0 saturated heterocycles. The number of aliphatic hydroxyl groups is 2. The SMILES string of the molecule is C/C(=C\c1csc(C)n1)[C@@H]1C/C=C\CCC[C@@H]2C[C@@](C)(C(=O)[C@@H](C)[C@@H]2O)[C@@H](O)CC(=O)O1. The molecule has 6 atom stereocenters. The average molecular weight is 462 g/mol. The molecule has 1 aromatic rings. The molecule has 1 saturated carbocycles. The fraction of sp³-hybridized carbons (Fsp3) is 0.640. The summed E-state index contributed by atoms with van der Waals surface area (Å²) < 4.78 is 5.77. The summed E-state index contributed by atoms with van der Waals surface area (Å²) in [5.74, 6) is -1.35. The summed E-state index contributed by atoms with van der Waals surface area (Å²) in [5.41, 5.74) is 0.649. The average Bonchev–Trinajstić information content (AvgIpc) is 3.15. The lowest BCUT2D eigenvalue weighted by molar-refractivity contribution is -0.161. The molecule has 7 heteroatoms. The maximum atomic E-state index is 13.0. The van der Waals surface area contributed by atoms with Crippen molar-refractivity contribution < 1.29 is 24.5 Å². The fourth-order valence-electron chi connectivity index (χ4n) is 4.95. The van der Waals surface area contributed by atoms with Crippen LogP contribution in [0.25, 0.3) is 6.08 Å². The Kier molecular flexibility index (Phi) is 8.06. The third-order valence-corrected chi connectivity index (χ3v) is 7.80. The number of hydrogen-bond donors (Lipinski definition) is 2. The molecule has 0 aromatic carbocycles. The van der Waals surface area contributed by atoms with Crippen LogP contribution in [0.15, 0.2) is 23.1 Å². The van der Waals surface area contributed by atoms with Crippen LogP contribution in [0.3, 0.4) is 0 Å². The van der Waals surface area contributed by atoms with Gasteiger partial charge in [0.15, 0.2) is 0 Å². The van der Waals surface area contributed by atoms with E-state index in [9.17, 15) is 19.8 Å². The molecule has 1 aliphatic carbocycles. The first-order valence-corrected chi connectivity index (χ1v) is 12.3. The molecule has 6 nitrogen and oxygen atoms in total. The van der Waals surface area contributed by atoms with E-state index in [0.29, 0.717) is 12.8 Å². The highest BCUT2D eigenvalue weighted by atomic mass is 32.1. The fourth-order valence-corrected chi connectivity index (χ4v) is 5.52. The number of nitrogens with zero attached hydrogens (tertiary/aromatic N) is 1. The van der Waals surface area contributed by atoms with E-state index in [-0.39, 0.29) is 18.1 Å². The number of rotatable bonds is 2. The van der Waals surface area contributed by atoms with Crippen molar-refractivity contribution in [1.29, 1.82) is 0 Å². The van der Waals surface area contributed by atoms with E-state index in [0.717, 1.165) is 35.5 Å². The first-order valence-electron chi connectivity index (χ1n) is 11.5. The van der Waals surface area contributed by atoms with E-state index in [1.165, 1.54) is 0 Å². The second-order valence-electron chi connectivity index (χ2n) is 9.54. The minimum absolute atomic E-state index is 0.0748. The molecule has 1 aromatic heterocycles. The Labute approximate surface area is 194 Å². The van der Waals surface area contributed by atoms with Crippen molar-refractivity contribution in [2.75, 3.05) is 0 Å². The van der Waals surface area contributed by atoms with Crippen molar-refractivity contribution >= 4 is 29.2 Å². The molecular weight excluding hydrogens is 426 g/mol. The zero-order chi connectivity index (χ0) is 23.5. The summed E-state index contributed by atoms with van der Waals surface area (Å²) in [5, 5.41) is 24.5. The van der Waals surface area contributed by atoms with Gasteiger partial charge in [0.05, 0.1) is 34.7 Å². The number of aromatic nitrogens is 1. The summed E-state index contributed by atoms with van der Waals surface area (Å²) in [6, 6.07) is 0. The lowest BCUT2D eigenvalue weighted by Gasteiger charge is -2.45. The quantitative estimate of drug-likeness (QED) is 0.505. The standard InChI is InChI=1S/C25H35NO5S/c1-15(11-19-14-32-17(3)26-19)20-10-8-6-5-7-9-18-13-25(4,21(27)12-22(28)31-20)24(30)16(2)23(18)29/h6,8,11,14,16,18,20-21,23,27,29H,5,7,9-10,12-13H2,1-4H3/b8-6-,15-11+/t16-,18+,20-,21-,23-,25+/m0/s1. The third-order valence-electron chi connectivity index (χ3n) is 7.01. The highest BCUT2D eigenvalue weighted by Crippen LogP contribution is 2.44. The summed E-state index contributed by atoms with van der Waals surface area (Å²) in [6.45, 7) is 7.30. The molecule has 1 fully saturated rings. The predicted molar refractivity (Wildman–Crippen MR) is 125 cm³/mol. The van der Waals surface area contributed by atoms with Crippen LogP contribution in [-0.4, -0.2) is 45.3 Å². The molecule has 176 valence electrons. The number of ketones is 1. The van der Waals surface area contributed by atoms with Crippen LogP contribution in [-0.2, 0) is 14.3 Å². The molecule has 3 rings (SSSR count). The normalized spacial score (nSPS) is 36.3.